The molecule has 1 atom stereocenters. The average Bonchev–Trinajstić information content (AvgIpc) is 3.14. The molecule has 1 aliphatic heterocycles. The summed E-state index contributed by atoms with van der Waals surface area (Å²) in [6.07, 6.45) is 5.81. The molecular weight excluding hydrogens is 308 g/mol. The van der Waals surface area contributed by atoms with Gasteiger partial charge in [0.15, 0.2) is 0 Å². The molecule has 6 heteroatoms. The normalized spacial score (nSPS) is 17.6. The van der Waals surface area contributed by atoms with Crippen LogP contribution in [0.1, 0.15) is 35.4 Å². The summed E-state index contributed by atoms with van der Waals surface area (Å²) in [5.41, 5.74) is 2.49. The molecule has 2 aromatic heterocycles. The zero-order valence-electron chi connectivity index (χ0n) is 14.0. The van der Waals surface area contributed by atoms with Crippen LogP contribution >= 0.6 is 11.3 Å². The first-order valence-corrected chi connectivity index (χ1v) is 8.98. The van der Waals surface area contributed by atoms with Gasteiger partial charge in [-0.2, -0.15) is 5.10 Å². The summed E-state index contributed by atoms with van der Waals surface area (Å²) >= 11 is 1.82. The lowest BCUT2D eigenvalue weighted by Gasteiger charge is -2.36. The number of thiophene rings is 1. The predicted octanol–water partition coefficient (Wildman–Crippen LogP) is 2.45. The number of hydrogen-bond donors (Lipinski definition) is 0. The highest BCUT2D eigenvalue weighted by molar-refractivity contribution is 7.10. The number of carbonyl (C=O) groups excluding carboxylic acids is 1. The minimum absolute atomic E-state index is 0.222. The van der Waals surface area contributed by atoms with Crippen molar-refractivity contribution in [2.75, 3.05) is 20.1 Å². The maximum absolute atomic E-state index is 12.8. The van der Waals surface area contributed by atoms with Gasteiger partial charge in [0.25, 0.3) is 0 Å². The van der Waals surface area contributed by atoms with Crippen LogP contribution < -0.4 is 0 Å². The Morgan fingerprint density at radius 3 is 3.04 bits per heavy atom. The number of rotatable bonds is 5. The highest BCUT2D eigenvalue weighted by atomic mass is 32.1. The van der Waals surface area contributed by atoms with Crippen LogP contribution in [0.15, 0.2) is 23.8 Å². The van der Waals surface area contributed by atoms with E-state index in [0.717, 1.165) is 31.5 Å². The number of aromatic nitrogens is 2. The van der Waals surface area contributed by atoms with E-state index < -0.39 is 0 Å². The van der Waals surface area contributed by atoms with E-state index in [0.29, 0.717) is 6.54 Å². The van der Waals surface area contributed by atoms with Crippen molar-refractivity contribution in [2.45, 2.75) is 32.4 Å². The van der Waals surface area contributed by atoms with Crippen LogP contribution in [0.5, 0.6) is 0 Å². The average molecular weight is 332 g/mol. The summed E-state index contributed by atoms with van der Waals surface area (Å²) < 4.78 is 1.79. The van der Waals surface area contributed by atoms with Crippen LogP contribution in [0.4, 0.5) is 0 Å². The standard InChI is InChI=1S/C17H24N4OS/c1-4-15-14-6-8-23-16(14)5-7-21(15)17(22)12-19(2)10-13-9-18-20(3)11-13/h6,8-9,11,15H,4-5,7,10,12H2,1-3H3. The van der Waals surface area contributed by atoms with Crippen molar-refractivity contribution in [1.82, 2.24) is 19.6 Å². The maximum atomic E-state index is 12.8. The summed E-state index contributed by atoms with van der Waals surface area (Å²) in [6, 6.07) is 2.43. The summed E-state index contributed by atoms with van der Waals surface area (Å²) in [6.45, 7) is 4.20. The van der Waals surface area contributed by atoms with Gasteiger partial charge >= 0.3 is 0 Å². The summed E-state index contributed by atoms with van der Waals surface area (Å²) in [5, 5.41) is 6.33. The second kappa shape index (κ2) is 6.84. The highest BCUT2D eigenvalue weighted by Gasteiger charge is 2.30. The molecule has 2 aromatic rings. The highest BCUT2D eigenvalue weighted by Crippen LogP contribution is 2.35. The van der Waals surface area contributed by atoms with Gasteiger partial charge in [0.05, 0.1) is 18.8 Å². The number of carbonyl (C=O) groups is 1. The van der Waals surface area contributed by atoms with Crippen LogP contribution in [0.25, 0.3) is 0 Å². The fourth-order valence-electron chi connectivity index (χ4n) is 3.38. The molecule has 0 radical (unpaired) electrons. The summed E-state index contributed by atoms with van der Waals surface area (Å²) in [5.74, 6) is 0.222. The Morgan fingerprint density at radius 2 is 2.35 bits per heavy atom. The van der Waals surface area contributed by atoms with Crippen molar-refractivity contribution < 1.29 is 4.79 Å². The molecule has 1 amide bonds. The third kappa shape index (κ3) is 3.48. The van der Waals surface area contributed by atoms with E-state index in [9.17, 15) is 4.79 Å². The van der Waals surface area contributed by atoms with Gasteiger partial charge in [-0.25, -0.2) is 0 Å². The second-order valence-corrected chi connectivity index (χ2v) is 7.26. The first kappa shape index (κ1) is 16.2. The van der Waals surface area contributed by atoms with Gasteiger partial charge in [0.2, 0.25) is 5.91 Å². The molecule has 0 saturated carbocycles. The first-order chi connectivity index (χ1) is 11.1. The second-order valence-electron chi connectivity index (χ2n) is 6.25. The molecule has 124 valence electrons. The topological polar surface area (TPSA) is 41.4 Å². The molecule has 3 heterocycles. The molecule has 0 fully saturated rings. The van der Waals surface area contributed by atoms with Gasteiger partial charge < -0.3 is 4.90 Å². The number of likely N-dealkylation sites (N-methyl/N-ethyl adjacent to an activating group) is 1. The fraction of sp³-hybridized carbons (Fsp3) is 0.529. The van der Waals surface area contributed by atoms with Crippen LogP contribution in [-0.4, -0.2) is 45.6 Å². The molecule has 1 aliphatic rings. The third-order valence-electron chi connectivity index (χ3n) is 4.42. The smallest absolute Gasteiger partial charge is 0.237 e. The van der Waals surface area contributed by atoms with E-state index in [4.69, 9.17) is 0 Å². The van der Waals surface area contributed by atoms with Crippen LogP contribution in [0, 0.1) is 0 Å². The van der Waals surface area contributed by atoms with E-state index in [2.05, 4.69) is 33.3 Å². The molecule has 0 N–H and O–H groups in total. The minimum Gasteiger partial charge on any atom is -0.334 e. The Balaban J connectivity index is 1.63. The molecule has 5 nitrogen and oxygen atoms in total. The molecule has 0 aliphatic carbocycles. The van der Waals surface area contributed by atoms with E-state index in [1.807, 2.05) is 37.8 Å². The van der Waals surface area contributed by atoms with Crippen molar-refractivity contribution in [3.63, 3.8) is 0 Å². The minimum atomic E-state index is 0.222. The van der Waals surface area contributed by atoms with Gasteiger partial charge in [-0.1, -0.05) is 6.92 Å². The van der Waals surface area contributed by atoms with Gasteiger partial charge in [-0.05, 0) is 36.9 Å². The Hall–Kier alpha value is -1.66. The largest absolute Gasteiger partial charge is 0.334 e. The molecule has 3 rings (SSSR count). The number of nitrogens with zero attached hydrogens (tertiary/aromatic N) is 4. The lowest BCUT2D eigenvalue weighted by atomic mass is 9.97. The van der Waals surface area contributed by atoms with Crippen molar-refractivity contribution in [2.24, 2.45) is 7.05 Å². The monoisotopic (exact) mass is 332 g/mol. The molecule has 0 bridgehead atoms. The zero-order chi connectivity index (χ0) is 16.4. The van der Waals surface area contributed by atoms with E-state index >= 15 is 0 Å². The predicted molar refractivity (Wildman–Crippen MR) is 92.3 cm³/mol. The summed E-state index contributed by atoms with van der Waals surface area (Å²) in [4.78, 5) is 18.3. The Morgan fingerprint density at radius 1 is 1.52 bits per heavy atom. The molecule has 0 saturated heterocycles. The molecular formula is C17H24N4OS. The van der Waals surface area contributed by atoms with Crippen molar-refractivity contribution in [1.29, 1.82) is 0 Å². The van der Waals surface area contributed by atoms with Crippen molar-refractivity contribution in [3.8, 4) is 0 Å². The Labute approximate surface area is 141 Å². The molecule has 0 aromatic carbocycles. The third-order valence-corrected chi connectivity index (χ3v) is 5.41. The summed E-state index contributed by atoms with van der Waals surface area (Å²) in [7, 11) is 3.90. The quantitative estimate of drug-likeness (QED) is 0.844. The maximum Gasteiger partial charge on any atom is 0.237 e. The van der Waals surface area contributed by atoms with Gasteiger partial charge in [-0.3, -0.25) is 14.4 Å². The van der Waals surface area contributed by atoms with E-state index in [1.165, 1.54) is 10.4 Å². The van der Waals surface area contributed by atoms with Crippen molar-refractivity contribution >= 4 is 17.2 Å². The Bertz CT molecular complexity index is 678. The van der Waals surface area contributed by atoms with E-state index in [1.54, 1.807) is 4.68 Å². The van der Waals surface area contributed by atoms with Gasteiger partial charge in [-0.15, -0.1) is 11.3 Å². The van der Waals surface area contributed by atoms with Crippen LogP contribution in [0.3, 0.4) is 0 Å². The van der Waals surface area contributed by atoms with Gasteiger partial charge in [0, 0.05) is 36.8 Å². The molecule has 23 heavy (non-hydrogen) atoms. The molecule has 1 unspecified atom stereocenters. The number of hydrogen-bond acceptors (Lipinski definition) is 4. The first-order valence-electron chi connectivity index (χ1n) is 8.10. The van der Waals surface area contributed by atoms with Crippen LogP contribution in [0.2, 0.25) is 0 Å². The molecule has 0 spiro atoms. The SMILES string of the molecule is CCC1c2ccsc2CCN1C(=O)CN(C)Cc1cnn(C)c1. The lowest BCUT2D eigenvalue weighted by Crippen LogP contribution is -2.43. The number of amides is 1. The van der Waals surface area contributed by atoms with E-state index in [-0.39, 0.29) is 11.9 Å². The van der Waals surface area contributed by atoms with Gasteiger partial charge in [0.1, 0.15) is 0 Å². The van der Waals surface area contributed by atoms with Crippen molar-refractivity contribution in [3.05, 3.63) is 39.8 Å². The fourth-order valence-corrected chi connectivity index (χ4v) is 4.31. The lowest BCUT2D eigenvalue weighted by molar-refractivity contribution is -0.135. The number of fused-ring (bicyclic) bond motifs is 1. The van der Waals surface area contributed by atoms with Crippen LogP contribution in [-0.2, 0) is 24.8 Å². The zero-order valence-corrected chi connectivity index (χ0v) is 14.8. The number of aryl methyl sites for hydroxylation is 1. The Kier molecular flexibility index (Phi) is 4.82.